The van der Waals surface area contributed by atoms with Crippen molar-refractivity contribution >= 4 is 23.8 Å². The van der Waals surface area contributed by atoms with Crippen molar-refractivity contribution in [1.82, 2.24) is 10.2 Å². The van der Waals surface area contributed by atoms with E-state index in [-0.39, 0.29) is 18.8 Å². The molecule has 9 nitrogen and oxygen atoms in total. The standard InChI is InChI=1S/C16H27N3O6/c1-9(2)8-11(18-14(22)10(17)5-6-13(20)21)15(23)19-7-3-4-12(19)16(24)25/h9-12H,3-8,17H2,1-2H3,(H,18,22)(H,20,21)(H,24,25)/t10-,11-,12+/m0/s1. The molecule has 1 saturated heterocycles. The fourth-order valence-corrected chi connectivity index (χ4v) is 2.87. The van der Waals surface area contributed by atoms with Crippen molar-refractivity contribution in [2.75, 3.05) is 6.54 Å². The quantitative estimate of drug-likeness (QED) is 0.445. The predicted molar refractivity (Wildman–Crippen MR) is 88.6 cm³/mol. The van der Waals surface area contributed by atoms with Gasteiger partial charge in [-0.2, -0.15) is 0 Å². The molecular formula is C16H27N3O6. The Hall–Kier alpha value is -2.16. The van der Waals surface area contributed by atoms with Gasteiger partial charge in [-0.15, -0.1) is 0 Å². The SMILES string of the molecule is CC(C)C[C@H](NC(=O)[C@@H](N)CCC(=O)O)C(=O)N1CCC[C@@H]1C(=O)O. The summed E-state index contributed by atoms with van der Waals surface area (Å²) in [6.45, 7) is 4.11. The Morgan fingerprint density at radius 3 is 2.40 bits per heavy atom. The molecule has 0 aromatic rings. The highest BCUT2D eigenvalue weighted by Gasteiger charge is 2.38. The highest BCUT2D eigenvalue weighted by atomic mass is 16.4. The smallest absolute Gasteiger partial charge is 0.326 e. The number of likely N-dealkylation sites (tertiary alicyclic amines) is 1. The molecule has 2 amide bonds. The second-order valence-corrected chi connectivity index (χ2v) is 6.76. The Bertz CT molecular complexity index is 522. The molecule has 1 rings (SSSR count). The minimum atomic E-state index is -1.06. The first-order valence-corrected chi connectivity index (χ1v) is 8.44. The lowest BCUT2D eigenvalue weighted by Crippen LogP contribution is -2.54. The summed E-state index contributed by atoms with van der Waals surface area (Å²) in [7, 11) is 0. The van der Waals surface area contributed by atoms with Crippen LogP contribution in [-0.4, -0.2) is 63.5 Å². The van der Waals surface area contributed by atoms with Crippen LogP contribution in [-0.2, 0) is 19.2 Å². The zero-order valence-corrected chi connectivity index (χ0v) is 14.6. The zero-order valence-electron chi connectivity index (χ0n) is 14.6. The first kappa shape index (κ1) is 20.9. The number of carbonyl (C=O) groups excluding carboxylic acids is 2. The Labute approximate surface area is 146 Å². The molecule has 1 heterocycles. The maximum absolute atomic E-state index is 12.7. The summed E-state index contributed by atoms with van der Waals surface area (Å²) in [5.41, 5.74) is 5.68. The molecule has 0 aliphatic carbocycles. The summed E-state index contributed by atoms with van der Waals surface area (Å²) in [6, 6.07) is -2.78. The number of nitrogens with two attached hydrogens (primary N) is 1. The van der Waals surface area contributed by atoms with Gasteiger partial charge in [-0.3, -0.25) is 14.4 Å². The number of carboxylic acids is 2. The summed E-state index contributed by atoms with van der Waals surface area (Å²) in [5.74, 6) is -3.06. The monoisotopic (exact) mass is 357 g/mol. The summed E-state index contributed by atoms with van der Waals surface area (Å²) in [5, 5.41) is 20.5. The van der Waals surface area contributed by atoms with Gasteiger partial charge in [0, 0.05) is 13.0 Å². The van der Waals surface area contributed by atoms with E-state index in [1.807, 2.05) is 13.8 Å². The summed E-state index contributed by atoms with van der Waals surface area (Å²) >= 11 is 0. The van der Waals surface area contributed by atoms with Crippen LogP contribution in [0.1, 0.15) is 46.0 Å². The van der Waals surface area contributed by atoms with Gasteiger partial charge in [0.15, 0.2) is 0 Å². The average molecular weight is 357 g/mol. The van der Waals surface area contributed by atoms with Gasteiger partial charge < -0.3 is 26.2 Å². The molecular weight excluding hydrogens is 330 g/mol. The van der Waals surface area contributed by atoms with E-state index in [1.54, 1.807) is 0 Å². The molecule has 142 valence electrons. The number of rotatable bonds is 9. The predicted octanol–water partition coefficient (Wildman–Crippen LogP) is -0.215. The van der Waals surface area contributed by atoms with E-state index in [4.69, 9.17) is 10.8 Å². The number of nitrogens with one attached hydrogen (secondary N) is 1. The molecule has 0 aromatic carbocycles. The molecule has 5 N–H and O–H groups in total. The van der Waals surface area contributed by atoms with Crippen LogP contribution in [0.15, 0.2) is 0 Å². The normalized spacial score (nSPS) is 19.5. The minimum Gasteiger partial charge on any atom is -0.481 e. The van der Waals surface area contributed by atoms with E-state index in [9.17, 15) is 24.3 Å². The molecule has 3 atom stereocenters. The number of hydrogen-bond acceptors (Lipinski definition) is 5. The number of amides is 2. The largest absolute Gasteiger partial charge is 0.481 e. The van der Waals surface area contributed by atoms with Crippen LogP contribution in [0.2, 0.25) is 0 Å². The van der Waals surface area contributed by atoms with Gasteiger partial charge >= 0.3 is 11.9 Å². The number of carbonyl (C=O) groups is 4. The van der Waals surface area contributed by atoms with E-state index in [0.717, 1.165) is 0 Å². The van der Waals surface area contributed by atoms with Crippen molar-refractivity contribution in [2.45, 2.75) is 64.1 Å². The second kappa shape index (κ2) is 9.36. The van der Waals surface area contributed by atoms with Gasteiger partial charge in [-0.25, -0.2) is 4.79 Å². The Balaban J connectivity index is 2.79. The van der Waals surface area contributed by atoms with E-state index >= 15 is 0 Å². The fourth-order valence-electron chi connectivity index (χ4n) is 2.87. The zero-order chi connectivity index (χ0) is 19.1. The molecule has 0 unspecified atom stereocenters. The first-order chi connectivity index (χ1) is 11.6. The number of hydrogen-bond donors (Lipinski definition) is 4. The molecule has 1 fully saturated rings. The molecule has 0 bridgehead atoms. The third-order valence-electron chi connectivity index (χ3n) is 4.15. The maximum atomic E-state index is 12.7. The Morgan fingerprint density at radius 1 is 1.24 bits per heavy atom. The molecule has 9 heteroatoms. The van der Waals surface area contributed by atoms with Crippen LogP contribution in [0.4, 0.5) is 0 Å². The van der Waals surface area contributed by atoms with Crippen molar-refractivity contribution in [2.24, 2.45) is 11.7 Å². The van der Waals surface area contributed by atoms with Crippen LogP contribution in [0, 0.1) is 5.92 Å². The molecule has 0 aromatic heterocycles. The van der Waals surface area contributed by atoms with Gasteiger partial charge in [0.25, 0.3) is 0 Å². The van der Waals surface area contributed by atoms with Gasteiger partial charge in [0.05, 0.1) is 6.04 Å². The molecule has 1 aliphatic rings. The lowest BCUT2D eigenvalue weighted by Gasteiger charge is -2.29. The lowest BCUT2D eigenvalue weighted by molar-refractivity contribution is -0.149. The van der Waals surface area contributed by atoms with E-state index in [1.165, 1.54) is 4.90 Å². The maximum Gasteiger partial charge on any atom is 0.326 e. The van der Waals surface area contributed by atoms with Crippen LogP contribution in [0.5, 0.6) is 0 Å². The highest BCUT2D eigenvalue weighted by molar-refractivity contribution is 5.92. The van der Waals surface area contributed by atoms with Crippen molar-refractivity contribution < 1.29 is 29.4 Å². The molecule has 1 aliphatic heterocycles. The summed E-state index contributed by atoms with van der Waals surface area (Å²) < 4.78 is 0. The van der Waals surface area contributed by atoms with Crippen LogP contribution >= 0.6 is 0 Å². The molecule has 0 spiro atoms. The lowest BCUT2D eigenvalue weighted by atomic mass is 10.0. The van der Waals surface area contributed by atoms with Crippen LogP contribution < -0.4 is 11.1 Å². The van der Waals surface area contributed by atoms with Crippen LogP contribution in [0.25, 0.3) is 0 Å². The van der Waals surface area contributed by atoms with Crippen molar-refractivity contribution in [3.8, 4) is 0 Å². The fraction of sp³-hybridized carbons (Fsp3) is 0.750. The van der Waals surface area contributed by atoms with Crippen molar-refractivity contribution in [1.29, 1.82) is 0 Å². The number of carboxylic acid groups (broad SMARTS) is 2. The Kier molecular flexibility index (Phi) is 7.82. The molecule has 0 radical (unpaired) electrons. The van der Waals surface area contributed by atoms with Gasteiger partial charge in [0.1, 0.15) is 12.1 Å². The van der Waals surface area contributed by atoms with Gasteiger partial charge in [-0.05, 0) is 31.6 Å². The molecule has 0 saturated carbocycles. The van der Waals surface area contributed by atoms with Crippen LogP contribution in [0.3, 0.4) is 0 Å². The third kappa shape index (κ3) is 6.33. The summed E-state index contributed by atoms with van der Waals surface area (Å²) in [4.78, 5) is 48.0. The topological polar surface area (TPSA) is 150 Å². The van der Waals surface area contributed by atoms with E-state index < -0.39 is 41.9 Å². The number of aliphatic carboxylic acids is 2. The summed E-state index contributed by atoms with van der Waals surface area (Å²) in [6.07, 6.45) is 1.06. The number of nitrogens with zero attached hydrogens (tertiary/aromatic N) is 1. The van der Waals surface area contributed by atoms with E-state index in [0.29, 0.717) is 25.8 Å². The van der Waals surface area contributed by atoms with Gasteiger partial charge in [0.2, 0.25) is 11.8 Å². The average Bonchev–Trinajstić information content (AvgIpc) is 3.00. The second-order valence-electron chi connectivity index (χ2n) is 6.76. The van der Waals surface area contributed by atoms with Gasteiger partial charge in [-0.1, -0.05) is 13.8 Å². The van der Waals surface area contributed by atoms with Crippen molar-refractivity contribution in [3.05, 3.63) is 0 Å². The Morgan fingerprint density at radius 2 is 1.88 bits per heavy atom. The molecule has 25 heavy (non-hydrogen) atoms. The highest BCUT2D eigenvalue weighted by Crippen LogP contribution is 2.20. The third-order valence-corrected chi connectivity index (χ3v) is 4.15. The van der Waals surface area contributed by atoms with E-state index in [2.05, 4.69) is 5.32 Å². The minimum absolute atomic E-state index is 0.0365. The van der Waals surface area contributed by atoms with Crippen molar-refractivity contribution in [3.63, 3.8) is 0 Å². The first-order valence-electron chi connectivity index (χ1n) is 8.44.